The molecule has 0 fully saturated rings. The van der Waals surface area contributed by atoms with Crippen molar-refractivity contribution in [1.29, 1.82) is 5.26 Å². The van der Waals surface area contributed by atoms with Crippen LogP contribution in [0.3, 0.4) is 0 Å². The van der Waals surface area contributed by atoms with Crippen molar-refractivity contribution in [2.45, 2.75) is 20.3 Å². The Morgan fingerprint density at radius 3 is 2.46 bits per heavy atom. The Kier molecular flexibility index (Phi) is 5.51. The zero-order chi connectivity index (χ0) is 20.1. The third-order valence-electron chi connectivity index (χ3n) is 4.18. The first-order chi connectivity index (χ1) is 13.5. The number of benzene rings is 2. The minimum absolute atomic E-state index is 0.137. The number of nitrogens with one attached hydrogen (secondary N) is 2. The molecule has 0 radical (unpaired) electrons. The predicted molar refractivity (Wildman–Crippen MR) is 104 cm³/mol. The largest absolute Gasteiger partial charge is 0.361 e. The van der Waals surface area contributed by atoms with Gasteiger partial charge in [0.2, 0.25) is 5.91 Å². The second-order valence-corrected chi connectivity index (χ2v) is 6.26. The van der Waals surface area contributed by atoms with Crippen molar-refractivity contribution in [3.8, 4) is 6.07 Å². The number of nitriles is 1. The minimum atomic E-state index is -0.336. The van der Waals surface area contributed by atoms with Crippen molar-refractivity contribution in [1.82, 2.24) is 5.16 Å². The first-order valence-corrected chi connectivity index (χ1v) is 8.59. The molecule has 140 valence electrons. The van der Waals surface area contributed by atoms with Crippen LogP contribution < -0.4 is 10.6 Å². The highest BCUT2D eigenvalue weighted by Crippen LogP contribution is 2.17. The molecule has 0 aliphatic heterocycles. The van der Waals surface area contributed by atoms with E-state index < -0.39 is 0 Å². The van der Waals surface area contributed by atoms with E-state index in [1.807, 2.05) is 6.07 Å². The van der Waals surface area contributed by atoms with Gasteiger partial charge in [-0.3, -0.25) is 9.59 Å². The molecule has 0 bridgehead atoms. The molecule has 0 aliphatic rings. The van der Waals surface area contributed by atoms with E-state index in [4.69, 9.17) is 9.78 Å². The van der Waals surface area contributed by atoms with Gasteiger partial charge in [-0.05, 0) is 50.2 Å². The van der Waals surface area contributed by atoms with Crippen molar-refractivity contribution in [3.05, 3.63) is 76.7 Å². The number of carbonyl (C=O) groups is 2. The van der Waals surface area contributed by atoms with Crippen LogP contribution in [0.4, 0.5) is 11.4 Å². The van der Waals surface area contributed by atoms with Crippen LogP contribution in [0.25, 0.3) is 0 Å². The first-order valence-electron chi connectivity index (χ1n) is 8.59. The van der Waals surface area contributed by atoms with Gasteiger partial charge in [0.1, 0.15) is 5.76 Å². The molecule has 3 aromatic rings. The molecule has 0 saturated heterocycles. The number of nitrogens with zero attached hydrogens (tertiary/aromatic N) is 2. The van der Waals surface area contributed by atoms with Gasteiger partial charge in [-0.2, -0.15) is 5.26 Å². The topological polar surface area (TPSA) is 108 Å². The van der Waals surface area contributed by atoms with Crippen LogP contribution in [0.2, 0.25) is 0 Å². The van der Waals surface area contributed by atoms with Crippen molar-refractivity contribution in [2.24, 2.45) is 0 Å². The summed E-state index contributed by atoms with van der Waals surface area (Å²) in [6, 6.07) is 15.3. The summed E-state index contributed by atoms with van der Waals surface area (Å²) in [5.74, 6) is 0.0472. The van der Waals surface area contributed by atoms with Crippen LogP contribution in [0.1, 0.15) is 32.9 Å². The zero-order valence-corrected chi connectivity index (χ0v) is 15.4. The van der Waals surface area contributed by atoms with E-state index in [-0.39, 0.29) is 18.2 Å². The molecule has 7 heteroatoms. The van der Waals surface area contributed by atoms with Gasteiger partial charge >= 0.3 is 0 Å². The summed E-state index contributed by atoms with van der Waals surface area (Å²) in [6.45, 7) is 3.54. The summed E-state index contributed by atoms with van der Waals surface area (Å²) < 4.78 is 5.07. The molecule has 0 atom stereocenters. The lowest BCUT2D eigenvalue weighted by Crippen LogP contribution is -2.16. The molecule has 3 rings (SSSR count). The van der Waals surface area contributed by atoms with Crippen molar-refractivity contribution in [3.63, 3.8) is 0 Å². The smallest absolute Gasteiger partial charge is 0.255 e. The lowest BCUT2D eigenvalue weighted by molar-refractivity contribution is -0.115. The number of aromatic nitrogens is 1. The highest BCUT2D eigenvalue weighted by atomic mass is 16.5. The van der Waals surface area contributed by atoms with Crippen LogP contribution in [-0.4, -0.2) is 17.0 Å². The Hall–Kier alpha value is -3.92. The normalized spacial score (nSPS) is 10.2. The number of amides is 2. The van der Waals surface area contributed by atoms with E-state index in [0.717, 1.165) is 5.56 Å². The zero-order valence-electron chi connectivity index (χ0n) is 15.4. The van der Waals surface area contributed by atoms with Gasteiger partial charge in [0.25, 0.3) is 5.91 Å². The lowest BCUT2D eigenvalue weighted by Gasteiger charge is -2.09. The Labute approximate surface area is 162 Å². The fourth-order valence-corrected chi connectivity index (χ4v) is 2.73. The third-order valence-corrected chi connectivity index (χ3v) is 4.18. The van der Waals surface area contributed by atoms with E-state index in [1.165, 1.54) is 0 Å². The lowest BCUT2D eigenvalue weighted by atomic mass is 10.1. The molecular formula is C21H18N4O3. The molecule has 7 nitrogen and oxygen atoms in total. The Morgan fingerprint density at radius 2 is 1.79 bits per heavy atom. The quantitative estimate of drug-likeness (QED) is 0.709. The Morgan fingerprint density at radius 1 is 1.07 bits per heavy atom. The highest BCUT2D eigenvalue weighted by Gasteiger charge is 2.14. The number of carbonyl (C=O) groups excluding carboxylic acids is 2. The van der Waals surface area contributed by atoms with E-state index in [9.17, 15) is 9.59 Å². The predicted octanol–water partition coefficient (Wildman–Crippen LogP) is 3.60. The van der Waals surface area contributed by atoms with Crippen molar-refractivity contribution >= 4 is 23.2 Å². The SMILES string of the molecule is Cc1noc(C)c1CC(=O)Nc1cccc(C(=O)Nc2cccc(C#N)c2)c1. The number of hydrogen-bond donors (Lipinski definition) is 2. The Bertz CT molecular complexity index is 1060. The summed E-state index contributed by atoms with van der Waals surface area (Å²) in [5.41, 5.74) is 3.31. The van der Waals surface area contributed by atoms with Gasteiger partial charge in [-0.25, -0.2) is 0 Å². The van der Waals surface area contributed by atoms with Crippen molar-refractivity contribution in [2.75, 3.05) is 10.6 Å². The molecule has 1 heterocycles. The standard InChI is InChI=1S/C21H18N4O3/c1-13-19(14(2)28-25-13)11-20(26)23-18-8-4-6-16(10-18)21(27)24-17-7-3-5-15(9-17)12-22/h3-10H,11H2,1-2H3,(H,23,26)(H,24,27). The van der Waals surface area contributed by atoms with Gasteiger partial charge in [-0.1, -0.05) is 17.3 Å². The summed E-state index contributed by atoms with van der Waals surface area (Å²) in [7, 11) is 0. The average Bonchev–Trinajstić information content (AvgIpc) is 3.00. The minimum Gasteiger partial charge on any atom is -0.361 e. The summed E-state index contributed by atoms with van der Waals surface area (Å²) >= 11 is 0. The number of rotatable bonds is 5. The van der Waals surface area contributed by atoms with Gasteiger partial charge < -0.3 is 15.2 Å². The average molecular weight is 374 g/mol. The summed E-state index contributed by atoms with van der Waals surface area (Å²) in [6.07, 6.45) is 0.137. The second-order valence-electron chi connectivity index (χ2n) is 6.26. The molecular weight excluding hydrogens is 356 g/mol. The van der Waals surface area contributed by atoms with Crippen LogP contribution in [0.5, 0.6) is 0 Å². The van der Waals surface area contributed by atoms with Crippen molar-refractivity contribution < 1.29 is 14.1 Å². The molecule has 0 aliphatic carbocycles. The number of hydrogen-bond acceptors (Lipinski definition) is 5. The van der Waals surface area contributed by atoms with E-state index in [1.54, 1.807) is 62.4 Å². The van der Waals surface area contributed by atoms with E-state index >= 15 is 0 Å². The fourth-order valence-electron chi connectivity index (χ4n) is 2.73. The van der Waals surface area contributed by atoms with Crippen LogP contribution in [-0.2, 0) is 11.2 Å². The monoisotopic (exact) mass is 374 g/mol. The van der Waals surface area contributed by atoms with E-state index in [0.29, 0.717) is 34.0 Å². The second kappa shape index (κ2) is 8.18. The first kappa shape index (κ1) is 18.9. The molecule has 2 aromatic carbocycles. The molecule has 1 aromatic heterocycles. The maximum atomic E-state index is 12.5. The van der Waals surface area contributed by atoms with Gasteiger partial charge in [0, 0.05) is 22.5 Å². The molecule has 28 heavy (non-hydrogen) atoms. The number of anilines is 2. The Balaban J connectivity index is 1.68. The molecule has 0 spiro atoms. The fraction of sp³-hybridized carbons (Fsp3) is 0.143. The van der Waals surface area contributed by atoms with E-state index in [2.05, 4.69) is 15.8 Å². The van der Waals surface area contributed by atoms with Gasteiger partial charge in [0.15, 0.2) is 0 Å². The number of aryl methyl sites for hydroxylation is 2. The molecule has 0 saturated carbocycles. The maximum absolute atomic E-state index is 12.5. The van der Waals surface area contributed by atoms with Crippen LogP contribution in [0, 0.1) is 25.2 Å². The highest BCUT2D eigenvalue weighted by molar-refractivity contribution is 6.05. The summed E-state index contributed by atoms with van der Waals surface area (Å²) in [5, 5.41) is 18.3. The molecule has 2 amide bonds. The molecule has 2 N–H and O–H groups in total. The van der Waals surface area contributed by atoms with Crippen LogP contribution >= 0.6 is 0 Å². The maximum Gasteiger partial charge on any atom is 0.255 e. The van der Waals surface area contributed by atoms with Gasteiger partial charge in [-0.15, -0.1) is 0 Å². The summed E-state index contributed by atoms with van der Waals surface area (Å²) in [4.78, 5) is 24.8. The van der Waals surface area contributed by atoms with Gasteiger partial charge in [0.05, 0.1) is 23.7 Å². The molecule has 0 unspecified atom stereocenters. The third kappa shape index (κ3) is 4.43. The van der Waals surface area contributed by atoms with Crippen LogP contribution in [0.15, 0.2) is 53.1 Å².